The highest BCUT2D eigenvalue weighted by Gasteiger charge is 2.35. The zero-order valence-electron chi connectivity index (χ0n) is 23.3. The van der Waals surface area contributed by atoms with Gasteiger partial charge in [-0.05, 0) is 49.1 Å². The summed E-state index contributed by atoms with van der Waals surface area (Å²) in [6, 6.07) is 18.1. The number of likely N-dealkylation sites (N-methyl/N-ethyl adjacent to an activating group) is 2. The van der Waals surface area contributed by atoms with E-state index in [-0.39, 0.29) is 36.2 Å². The number of hydrogen-bond acceptors (Lipinski definition) is 5. The normalized spacial score (nSPS) is 22.4. The highest BCUT2D eigenvalue weighted by molar-refractivity contribution is 5.98. The Morgan fingerprint density at radius 1 is 0.900 bits per heavy atom. The minimum atomic E-state index is -0.753. The van der Waals surface area contributed by atoms with Gasteiger partial charge in [0, 0.05) is 57.5 Å². The molecular weight excluding hydrogens is 504 g/mol. The monoisotopic (exact) mass is 540 g/mol. The average molecular weight is 541 g/mol. The highest BCUT2D eigenvalue weighted by Crippen LogP contribution is 2.27. The van der Waals surface area contributed by atoms with Crippen molar-refractivity contribution in [2.75, 3.05) is 27.2 Å². The van der Waals surface area contributed by atoms with Crippen LogP contribution in [0.15, 0.2) is 73.1 Å². The Morgan fingerprint density at radius 3 is 2.48 bits per heavy atom. The molecule has 40 heavy (non-hydrogen) atoms. The molecule has 8 heteroatoms. The molecule has 0 radical (unpaired) electrons. The van der Waals surface area contributed by atoms with Crippen LogP contribution < -0.4 is 4.74 Å². The van der Waals surface area contributed by atoms with Crippen LogP contribution in [0.2, 0.25) is 0 Å². The van der Waals surface area contributed by atoms with Gasteiger partial charge in [-0.15, -0.1) is 0 Å². The highest BCUT2D eigenvalue weighted by atomic mass is 16.5. The molecule has 3 heterocycles. The minimum absolute atomic E-state index is 0.0113. The molecule has 2 aliphatic heterocycles. The molecule has 3 amide bonds. The predicted molar refractivity (Wildman–Crippen MR) is 153 cm³/mol. The topological polar surface area (TPSA) is 83.0 Å². The zero-order valence-corrected chi connectivity index (χ0v) is 23.3. The van der Waals surface area contributed by atoms with Crippen molar-refractivity contribution in [3.8, 4) is 16.9 Å². The number of benzene rings is 2. The van der Waals surface area contributed by atoms with Crippen LogP contribution in [0.3, 0.4) is 0 Å². The van der Waals surface area contributed by atoms with Crippen LogP contribution in [-0.2, 0) is 16.0 Å². The largest absolute Gasteiger partial charge is 0.491 e. The van der Waals surface area contributed by atoms with Crippen LogP contribution in [-0.4, -0.2) is 82.8 Å². The van der Waals surface area contributed by atoms with Crippen molar-refractivity contribution in [1.29, 1.82) is 0 Å². The molecular formula is C32H36N4O4. The fourth-order valence-corrected chi connectivity index (χ4v) is 5.54. The van der Waals surface area contributed by atoms with Gasteiger partial charge in [0.2, 0.25) is 11.8 Å². The molecule has 208 valence electrons. The SMILES string of the molecule is C[C@@H]1CC(=O)N2CCC[C@H]2COc2cccc(c2)-c2cncc(c2)C(=O)N(C)[C@@H](Cc2ccccc2)C(=O)N1C. The molecule has 1 saturated heterocycles. The molecule has 1 fully saturated rings. The number of amides is 3. The first-order valence-corrected chi connectivity index (χ1v) is 13.9. The van der Waals surface area contributed by atoms with Crippen molar-refractivity contribution < 1.29 is 19.1 Å². The van der Waals surface area contributed by atoms with Crippen molar-refractivity contribution in [2.24, 2.45) is 0 Å². The van der Waals surface area contributed by atoms with Crippen molar-refractivity contribution in [2.45, 2.75) is 50.7 Å². The van der Waals surface area contributed by atoms with E-state index in [4.69, 9.17) is 4.74 Å². The molecule has 0 saturated carbocycles. The van der Waals surface area contributed by atoms with Crippen molar-refractivity contribution >= 4 is 17.7 Å². The molecule has 4 bridgehead atoms. The molecule has 3 aromatic rings. The van der Waals surface area contributed by atoms with Crippen LogP contribution in [0.25, 0.3) is 11.1 Å². The van der Waals surface area contributed by atoms with Crippen LogP contribution in [0.5, 0.6) is 5.75 Å². The Labute approximate surface area is 235 Å². The van der Waals surface area contributed by atoms with Gasteiger partial charge in [0.05, 0.1) is 11.6 Å². The number of rotatable bonds is 2. The minimum Gasteiger partial charge on any atom is -0.491 e. The van der Waals surface area contributed by atoms with Crippen molar-refractivity contribution in [1.82, 2.24) is 19.7 Å². The first kappa shape index (κ1) is 27.4. The van der Waals surface area contributed by atoms with Crippen LogP contribution in [0.4, 0.5) is 0 Å². The summed E-state index contributed by atoms with van der Waals surface area (Å²) in [4.78, 5) is 50.5. The molecule has 0 spiro atoms. The Kier molecular flexibility index (Phi) is 8.14. The summed E-state index contributed by atoms with van der Waals surface area (Å²) in [7, 11) is 3.37. The lowest BCUT2D eigenvalue weighted by molar-refractivity contribution is -0.139. The summed E-state index contributed by atoms with van der Waals surface area (Å²) in [5.74, 6) is 0.208. The van der Waals surface area contributed by atoms with Gasteiger partial charge >= 0.3 is 0 Å². The molecule has 0 N–H and O–H groups in total. The third-order valence-electron chi connectivity index (χ3n) is 8.12. The average Bonchev–Trinajstić information content (AvgIpc) is 3.46. The third-order valence-corrected chi connectivity index (χ3v) is 8.12. The Morgan fingerprint density at radius 2 is 1.68 bits per heavy atom. The van der Waals surface area contributed by atoms with Crippen molar-refractivity contribution in [3.05, 3.63) is 84.2 Å². The maximum atomic E-state index is 14.0. The number of ether oxygens (including phenoxy) is 1. The second-order valence-corrected chi connectivity index (χ2v) is 10.8. The van der Waals surface area contributed by atoms with Gasteiger partial charge in [-0.2, -0.15) is 0 Å². The van der Waals surface area contributed by atoms with E-state index in [0.717, 1.165) is 29.5 Å². The second kappa shape index (κ2) is 11.9. The third kappa shape index (κ3) is 5.86. The van der Waals surface area contributed by atoms with E-state index in [2.05, 4.69) is 4.98 Å². The molecule has 2 aromatic carbocycles. The van der Waals surface area contributed by atoms with E-state index in [1.165, 1.54) is 11.1 Å². The standard InChI is InChI=1S/C32H36N4O4/c1-22-15-30(37)36-14-8-12-27(36)21-40-28-13-7-11-24(18-28)25-17-26(20-33-19-25)31(38)35(3)29(32(39)34(22)2)16-23-9-5-4-6-10-23/h4-7,9-11,13,17-20,22,27,29H,8,12,14-16,21H2,1-3H3/t22-,27+,29+/m1/s1. The van der Waals surface area contributed by atoms with E-state index in [1.807, 2.05) is 72.5 Å². The van der Waals surface area contributed by atoms with Gasteiger partial charge < -0.3 is 19.4 Å². The summed E-state index contributed by atoms with van der Waals surface area (Å²) >= 11 is 0. The molecule has 3 atom stereocenters. The Balaban J connectivity index is 1.54. The first-order chi connectivity index (χ1) is 19.3. The molecule has 5 rings (SSSR count). The van der Waals surface area contributed by atoms with Crippen LogP contribution in [0, 0.1) is 0 Å². The summed E-state index contributed by atoms with van der Waals surface area (Å²) in [6.45, 7) is 2.97. The summed E-state index contributed by atoms with van der Waals surface area (Å²) in [5, 5.41) is 0. The molecule has 0 aliphatic carbocycles. The van der Waals surface area contributed by atoms with Crippen molar-refractivity contribution in [3.63, 3.8) is 0 Å². The van der Waals surface area contributed by atoms with Gasteiger partial charge in [0.15, 0.2) is 0 Å². The molecule has 2 aliphatic rings. The lowest BCUT2D eigenvalue weighted by Crippen LogP contribution is -2.52. The number of carbonyl (C=O) groups excluding carboxylic acids is 3. The van der Waals surface area contributed by atoms with E-state index in [9.17, 15) is 14.4 Å². The second-order valence-electron chi connectivity index (χ2n) is 10.8. The number of pyridine rings is 1. The van der Waals surface area contributed by atoms with Crippen LogP contribution >= 0.6 is 0 Å². The quantitative estimate of drug-likeness (QED) is 0.490. The zero-order chi connectivity index (χ0) is 28.2. The van der Waals surface area contributed by atoms with E-state index in [0.29, 0.717) is 30.9 Å². The number of hydrogen-bond donors (Lipinski definition) is 0. The summed E-state index contributed by atoms with van der Waals surface area (Å²) < 4.78 is 6.15. The maximum absolute atomic E-state index is 14.0. The molecule has 8 nitrogen and oxygen atoms in total. The maximum Gasteiger partial charge on any atom is 0.255 e. The Bertz CT molecular complexity index is 1380. The van der Waals surface area contributed by atoms with Gasteiger partial charge in [-0.1, -0.05) is 42.5 Å². The smallest absolute Gasteiger partial charge is 0.255 e. The summed E-state index contributed by atoms with van der Waals surface area (Å²) in [5.41, 5.74) is 2.99. The van der Waals surface area contributed by atoms with Gasteiger partial charge in [0.25, 0.3) is 5.91 Å². The number of nitrogens with zero attached hydrogens (tertiary/aromatic N) is 4. The fraction of sp³-hybridized carbons (Fsp3) is 0.375. The molecule has 1 aromatic heterocycles. The first-order valence-electron chi connectivity index (χ1n) is 13.9. The number of carbonyl (C=O) groups is 3. The number of aromatic nitrogens is 1. The van der Waals surface area contributed by atoms with E-state index in [1.54, 1.807) is 25.2 Å². The fourth-order valence-electron chi connectivity index (χ4n) is 5.54. The lowest BCUT2D eigenvalue weighted by atomic mass is 10.0. The Hall–Kier alpha value is -4.20. The summed E-state index contributed by atoms with van der Waals surface area (Å²) in [6.07, 6.45) is 5.61. The molecule has 0 unspecified atom stereocenters. The van der Waals surface area contributed by atoms with Gasteiger partial charge in [0.1, 0.15) is 18.4 Å². The number of fused-ring (bicyclic) bond motifs is 6. The van der Waals surface area contributed by atoms with Crippen LogP contribution in [0.1, 0.15) is 42.1 Å². The van der Waals surface area contributed by atoms with Gasteiger partial charge in [-0.25, -0.2) is 0 Å². The van der Waals surface area contributed by atoms with E-state index < -0.39 is 6.04 Å². The lowest BCUT2D eigenvalue weighted by Gasteiger charge is -2.34. The van der Waals surface area contributed by atoms with E-state index >= 15 is 0 Å². The predicted octanol–water partition coefficient (Wildman–Crippen LogP) is 4.05. The van der Waals surface area contributed by atoms with Gasteiger partial charge in [-0.3, -0.25) is 19.4 Å².